The number of sulfonamides is 1. The molecule has 0 saturated carbocycles. The Bertz CT molecular complexity index is 2260. The van der Waals surface area contributed by atoms with Crippen molar-refractivity contribution in [2.45, 2.75) is 30.7 Å². The Balaban J connectivity index is 1.46. The van der Waals surface area contributed by atoms with Crippen molar-refractivity contribution in [1.29, 1.82) is 5.26 Å². The average Bonchev–Trinajstić information content (AvgIpc) is 3.43. The third kappa shape index (κ3) is 5.21. The first-order chi connectivity index (χ1) is 24.3. The molecule has 254 valence electrons. The second kappa shape index (κ2) is 13.1. The molecule has 4 heterocycles. The number of hydrogen-bond acceptors (Lipinski definition) is 10. The number of fused-ring (bicyclic) bond motifs is 2. The van der Waals surface area contributed by atoms with E-state index in [1.165, 1.54) is 25.4 Å². The number of rotatable bonds is 9. The van der Waals surface area contributed by atoms with E-state index < -0.39 is 21.5 Å². The highest BCUT2D eigenvalue weighted by Crippen LogP contribution is 2.54. The summed E-state index contributed by atoms with van der Waals surface area (Å²) in [5.41, 5.74) is 1.81. The van der Waals surface area contributed by atoms with E-state index in [0.717, 1.165) is 22.1 Å². The largest absolute Gasteiger partial charge is 0.497 e. The molecule has 1 amide bonds. The summed E-state index contributed by atoms with van der Waals surface area (Å²) in [6.07, 6.45) is 4.13. The minimum Gasteiger partial charge on any atom is -0.497 e. The number of carbonyl (C=O) groups excluding carboxylic acids is 1. The number of para-hydroxylation sites is 1. The molecule has 1 saturated heterocycles. The van der Waals surface area contributed by atoms with Gasteiger partial charge in [-0.15, -0.1) is 0 Å². The van der Waals surface area contributed by atoms with E-state index in [1.807, 2.05) is 17.9 Å². The number of benzene rings is 3. The molecule has 1 atom stereocenters. The molecule has 3 aromatic carbocycles. The molecule has 1 fully saturated rings. The third-order valence-electron chi connectivity index (χ3n) is 9.50. The van der Waals surface area contributed by atoms with Crippen molar-refractivity contribution in [3.8, 4) is 17.6 Å². The maximum absolute atomic E-state index is 15.6. The highest BCUT2D eigenvalue weighted by Gasteiger charge is 2.61. The molecule has 11 nitrogen and oxygen atoms in total. The summed E-state index contributed by atoms with van der Waals surface area (Å²) >= 11 is 0. The van der Waals surface area contributed by atoms with Crippen molar-refractivity contribution in [3.05, 3.63) is 114 Å². The Morgan fingerprint density at radius 2 is 1.70 bits per heavy atom. The third-order valence-corrected chi connectivity index (χ3v) is 11.2. The van der Waals surface area contributed by atoms with E-state index in [2.05, 4.69) is 33.9 Å². The van der Waals surface area contributed by atoms with E-state index in [9.17, 15) is 13.7 Å². The number of aryl methyl sites for hydroxylation is 1. The Kier molecular flexibility index (Phi) is 8.63. The Hall–Kier alpha value is -5.51. The van der Waals surface area contributed by atoms with Gasteiger partial charge in [-0.05, 0) is 74.0 Å². The smallest absolute Gasteiger partial charge is 0.273 e. The molecule has 5 aromatic rings. The first-order valence-electron chi connectivity index (χ1n) is 16.5. The van der Waals surface area contributed by atoms with Crippen molar-refractivity contribution in [2.75, 3.05) is 49.1 Å². The van der Waals surface area contributed by atoms with Gasteiger partial charge in [0.25, 0.3) is 15.9 Å². The Labute approximate surface area is 291 Å². The number of nitrogens with zero attached hydrogens (tertiary/aromatic N) is 6. The van der Waals surface area contributed by atoms with Crippen LogP contribution in [-0.2, 0) is 26.8 Å². The quantitative estimate of drug-likeness (QED) is 0.202. The van der Waals surface area contributed by atoms with Crippen LogP contribution in [0.3, 0.4) is 0 Å². The van der Waals surface area contributed by atoms with Gasteiger partial charge in [-0.25, -0.2) is 12.7 Å². The maximum Gasteiger partial charge on any atom is 0.273 e. The molecule has 12 heteroatoms. The summed E-state index contributed by atoms with van der Waals surface area (Å²) in [6, 6.07) is 24.6. The van der Waals surface area contributed by atoms with Crippen LogP contribution >= 0.6 is 0 Å². The molecule has 0 aliphatic carbocycles. The number of methoxy groups -OCH3 is 1. The van der Waals surface area contributed by atoms with Crippen LogP contribution in [0.1, 0.15) is 36.2 Å². The van der Waals surface area contributed by atoms with Gasteiger partial charge in [0, 0.05) is 66.5 Å². The molecule has 0 N–H and O–H groups in total. The van der Waals surface area contributed by atoms with Gasteiger partial charge in [0.2, 0.25) is 0 Å². The second-order valence-corrected chi connectivity index (χ2v) is 13.8. The lowest BCUT2D eigenvalue weighted by Gasteiger charge is -2.46. The minimum atomic E-state index is -4.55. The van der Waals surface area contributed by atoms with Crippen LogP contribution in [0.25, 0.3) is 10.9 Å². The topological polar surface area (TPSA) is 129 Å². The minimum absolute atomic E-state index is 0.0973. The van der Waals surface area contributed by atoms with Crippen LogP contribution in [0.4, 0.5) is 11.4 Å². The van der Waals surface area contributed by atoms with Gasteiger partial charge in [-0.1, -0.05) is 25.1 Å². The lowest BCUT2D eigenvalue weighted by atomic mass is 9.80. The summed E-state index contributed by atoms with van der Waals surface area (Å²) in [7, 11) is -3.01. The number of amides is 1. The molecule has 0 spiro atoms. The van der Waals surface area contributed by atoms with Crippen molar-refractivity contribution in [1.82, 2.24) is 14.9 Å². The number of carbonyl (C=O) groups is 1. The van der Waals surface area contributed by atoms with E-state index in [4.69, 9.17) is 9.47 Å². The highest BCUT2D eigenvalue weighted by molar-refractivity contribution is 7.93. The van der Waals surface area contributed by atoms with Crippen LogP contribution in [0.2, 0.25) is 0 Å². The normalized spacial score (nSPS) is 17.8. The van der Waals surface area contributed by atoms with E-state index in [-0.39, 0.29) is 21.7 Å². The molecule has 0 bridgehead atoms. The number of nitriles is 1. The van der Waals surface area contributed by atoms with Gasteiger partial charge in [0.1, 0.15) is 16.4 Å². The first-order valence-corrected chi connectivity index (χ1v) is 18.0. The van der Waals surface area contributed by atoms with Crippen LogP contribution in [0.5, 0.6) is 11.5 Å². The zero-order valence-electron chi connectivity index (χ0n) is 28.0. The van der Waals surface area contributed by atoms with Crippen LogP contribution in [0.15, 0.2) is 96.2 Å². The summed E-state index contributed by atoms with van der Waals surface area (Å²) in [5, 5.41) is 10.7. The molecule has 0 radical (unpaired) electrons. The number of ether oxygens (including phenoxy) is 2. The summed E-state index contributed by atoms with van der Waals surface area (Å²) in [6.45, 7) is 6.07. The van der Waals surface area contributed by atoms with E-state index >= 15 is 4.79 Å². The standard InChI is InChI=1S/C38H36N6O5S/c1-4-28-23-29(15-17-40-28)42-18-20-43(21-19-42)38(32-24-30(48-3)12-14-34(32)49-5-2)31-22-26(25-39)11-13-33(31)44(37(38)45)50(46,47)35-10-6-8-27-9-7-16-41-36(27)35/h6-17,22-24H,4-5,18-21H2,1-3H3. The van der Waals surface area contributed by atoms with Crippen molar-refractivity contribution in [3.63, 3.8) is 0 Å². The molecule has 1 unspecified atom stereocenters. The second-order valence-electron chi connectivity index (χ2n) is 12.1. The SMILES string of the molecule is CCOc1ccc(OC)cc1C1(N2CCN(c3ccnc(CC)c3)CC2)C(=O)N(S(=O)(=O)c2cccc3cccnc23)c2ccc(C#N)cc21. The van der Waals surface area contributed by atoms with Gasteiger partial charge in [0.05, 0.1) is 36.6 Å². The van der Waals surface area contributed by atoms with Crippen LogP contribution in [-0.4, -0.2) is 69.1 Å². The number of hydrogen-bond donors (Lipinski definition) is 0. The molecule has 2 aromatic heterocycles. The predicted molar refractivity (Wildman–Crippen MR) is 190 cm³/mol. The number of aromatic nitrogens is 2. The molecule has 2 aliphatic rings. The molecule has 2 aliphatic heterocycles. The van der Waals surface area contributed by atoms with Crippen molar-refractivity contribution in [2.24, 2.45) is 0 Å². The van der Waals surface area contributed by atoms with Gasteiger partial charge in [-0.2, -0.15) is 5.26 Å². The Morgan fingerprint density at radius 1 is 0.900 bits per heavy atom. The first kappa shape index (κ1) is 33.0. The fourth-order valence-corrected chi connectivity index (χ4v) is 8.79. The highest BCUT2D eigenvalue weighted by atomic mass is 32.2. The van der Waals surface area contributed by atoms with Crippen LogP contribution < -0.4 is 18.7 Å². The van der Waals surface area contributed by atoms with Crippen molar-refractivity contribution < 1.29 is 22.7 Å². The molecule has 7 rings (SSSR count). The number of pyridine rings is 2. The maximum atomic E-state index is 15.6. The fraction of sp³-hybridized carbons (Fsp3) is 0.263. The fourth-order valence-electron chi connectivity index (χ4n) is 7.16. The van der Waals surface area contributed by atoms with Gasteiger partial charge in [0.15, 0.2) is 5.54 Å². The number of anilines is 2. The summed E-state index contributed by atoms with van der Waals surface area (Å²) in [4.78, 5) is 28.6. The number of piperazine rings is 1. The molecular weight excluding hydrogens is 653 g/mol. The van der Waals surface area contributed by atoms with Gasteiger partial charge in [-0.3, -0.25) is 19.7 Å². The molecular formula is C38H36N6O5S. The van der Waals surface area contributed by atoms with Crippen molar-refractivity contribution >= 4 is 38.2 Å². The lowest BCUT2D eigenvalue weighted by Crippen LogP contribution is -2.60. The van der Waals surface area contributed by atoms with E-state index in [1.54, 1.807) is 60.8 Å². The van der Waals surface area contributed by atoms with E-state index in [0.29, 0.717) is 60.8 Å². The summed E-state index contributed by atoms with van der Waals surface area (Å²) in [5.74, 6) is 0.177. The Morgan fingerprint density at radius 3 is 2.44 bits per heavy atom. The monoisotopic (exact) mass is 688 g/mol. The summed E-state index contributed by atoms with van der Waals surface area (Å²) < 4.78 is 42.6. The molecule has 50 heavy (non-hydrogen) atoms. The zero-order chi connectivity index (χ0) is 35.0. The predicted octanol–water partition coefficient (Wildman–Crippen LogP) is 5.27. The van der Waals surface area contributed by atoms with Gasteiger partial charge < -0.3 is 14.4 Å². The van der Waals surface area contributed by atoms with Crippen LogP contribution in [0, 0.1) is 11.3 Å². The average molecular weight is 689 g/mol. The lowest BCUT2D eigenvalue weighted by molar-refractivity contribution is -0.127. The zero-order valence-corrected chi connectivity index (χ0v) is 28.9. The van der Waals surface area contributed by atoms with Gasteiger partial charge >= 0.3 is 0 Å².